The van der Waals surface area contributed by atoms with Crippen molar-refractivity contribution in [3.8, 4) is 5.75 Å². The molecule has 0 spiro atoms. The molecule has 1 atom stereocenters. The number of aliphatic hydroxyl groups excluding tert-OH is 1. The fourth-order valence-electron chi connectivity index (χ4n) is 2.57. The standard InChI is InChI=1S/C21H30N4O2.HI/c1-5-22-21(23-13-18-10-6-8-16(4)25-18)24-14-20(26)17-9-7-11-19(12-17)27-15(2)3;/h6-12,15,20,26H,5,13-14H2,1-4H3,(H2,22,23,24);1H. The lowest BCUT2D eigenvalue weighted by molar-refractivity contribution is 0.179. The molecule has 0 saturated heterocycles. The lowest BCUT2D eigenvalue weighted by atomic mass is 10.1. The first-order chi connectivity index (χ1) is 13.0. The highest BCUT2D eigenvalue weighted by Crippen LogP contribution is 2.19. The second kappa shape index (κ2) is 12.6. The first kappa shape index (κ1) is 24.2. The summed E-state index contributed by atoms with van der Waals surface area (Å²) in [6, 6.07) is 13.4. The Kier molecular flexibility index (Phi) is 10.8. The predicted octanol–water partition coefficient (Wildman–Crippen LogP) is 3.58. The van der Waals surface area contributed by atoms with Crippen LogP contribution in [0.3, 0.4) is 0 Å². The number of aliphatic hydroxyl groups is 1. The largest absolute Gasteiger partial charge is 0.491 e. The second-order valence-electron chi connectivity index (χ2n) is 6.60. The number of guanidine groups is 1. The summed E-state index contributed by atoms with van der Waals surface area (Å²) < 4.78 is 5.69. The van der Waals surface area contributed by atoms with Gasteiger partial charge in [-0.05, 0) is 57.5 Å². The quantitative estimate of drug-likeness (QED) is 0.295. The Morgan fingerprint density at radius 1 is 1.18 bits per heavy atom. The number of aromatic nitrogens is 1. The van der Waals surface area contributed by atoms with Gasteiger partial charge in [-0.15, -0.1) is 24.0 Å². The van der Waals surface area contributed by atoms with Crippen molar-refractivity contribution in [1.29, 1.82) is 0 Å². The van der Waals surface area contributed by atoms with E-state index >= 15 is 0 Å². The molecule has 3 N–H and O–H groups in total. The van der Waals surface area contributed by atoms with E-state index in [2.05, 4.69) is 20.6 Å². The zero-order valence-electron chi connectivity index (χ0n) is 17.0. The highest BCUT2D eigenvalue weighted by Gasteiger charge is 2.10. The molecule has 0 radical (unpaired) electrons. The number of benzene rings is 1. The summed E-state index contributed by atoms with van der Waals surface area (Å²) in [4.78, 5) is 9.00. The normalized spacial score (nSPS) is 12.3. The number of aliphatic imine (C=N–C) groups is 1. The summed E-state index contributed by atoms with van der Waals surface area (Å²) in [6.07, 6.45) is -0.570. The van der Waals surface area contributed by atoms with E-state index in [0.717, 1.165) is 29.2 Å². The molecule has 28 heavy (non-hydrogen) atoms. The molecule has 7 heteroatoms. The lowest BCUT2D eigenvalue weighted by Crippen LogP contribution is -2.39. The van der Waals surface area contributed by atoms with Crippen molar-refractivity contribution in [2.45, 2.75) is 46.4 Å². The molecule has 6 nitrogen and oxygen atoms in total. The molecule has 0 amide bonds. The van der Waals surface area contributed by atoms with Crippen molar-refractivity contribution < 1.29 is 9.84 Å². The van der Waals surface area contributed by atoms with E-state index in [9.17, 15) is 5.11 Å². The van der Waals surface area contributed by atoms with E-state index in [-0.39, 0.29) is 30.1 Å². The van der Waals surface area contributed by atoms with Crippen LogP contribution in [0.1, 0.15) is 43.8 Å². The number of aryl methyl sites for hydroxylation is 1. The van der Waals surface area contributed by atoms with Gasteiger partial charge >= 0.3 is 0 Å². The average Bonchev–Trinajstić information content (AvgIpc) is 2.63. The van der Waals surface area contributed by atoms with Crippen LogP contribution in [-0.4, -0.2) is 35.2 Å². The van der Waals surface area contributed by atoms with Crippen LogP contribution in [0.2, 0.25) is 0 Å². The molecule has 0 aliphatic heterocycles. The van der Waals surface area contributed by atoms with E-state index in [1.54, 1.807) is 0 Å². The lowest BCUT2D eigenvalue weighted by Gasteiger charge is -2.17. The molecule has 1 aromatic heterocycles. The number of hydrogen-bond donors (Lipinski definition) is 3. The third kappa shape index (κ3) is 8.43. The molecule has 1 heterocycles. The van der Waals surface area contributed by atoms with E-state index in [1.807, 2.05) is 70.2 Å². The second-order valence-corrected chi connectivity index (χ2v) is 6.60. The molecule has 0 aliphatic carbocycles. The van der Waals surface area contributed by atoms with E-state index in [1.165, 1.54) is 0 Å². The number of halogens is 1. The third-order valence-corrected chi connectivity index (χ3v) is 3.77. The Morgan fingerprint density at radius 2 is 1.93 bits per heavy atom. The zero-order chi connectivity index (χ0) is 19.6. The maximum Gasteiger partial charge on any atom is 0.191 e. The van der Waals surface area contributed by atoms with Crippen LogP contribution in [0.5, 0.6) is 5.75 Å². The number of nitrogens with zero attached hydrogens (tertiary/aromatic N) is 2. The van der Waals surface area contributed by atoms with Crippen LogP contribution in [-0.2, 0) is 6.54 Å². The van der Waals surface area contributed by atoms with E-state index in [4.69, 9.17) is 4.74 Å². The van der Waals surface area contributed by atoms with Crippen molar-refractivity contribution in [3.63, 3.8) is 0 Å². The van der Waals surface area contributed by atoms with Gasteiger partial charge in [0.15, 0.2) is 5.96 Å². The van der Waals surface area contributed by atoms with Gasteiger partial charge in [0.2, 0.25) is 0 Å². The average molecular weight is 498 g/mol. The fourth-order valence-corrected chi connectivity index (χ4v) is 2.57. The predicted molar refractivity (Wildman–Crippen MR) is 124 cm³/mol. The van der Waals surface area contributed by atoms with Gasteiger partial charge in [0.25, 0.3) is 0 Å². The Hall–Kier alpha value is -1.87. The Labute approximate surface area is 184 Å². The topological polar surface area (TPSA) is 78.8 Å². The molecular formula is C21H31IN4O2. The van der Waals surface area contributed by atoms with Crippen molar-refractivity contribution in [3.05, 3.63) is 59.4 Å². The fraction of sp³-hybridized carbons (Fsp3) is 0.429. The minimum absolute atomic E-state index is 0. The van der Waals surface area contributed by atoms with Crippen LogP contribution in [0, 0.1) is 6.92 Å². The van der Waals surface area contributed by atoms with Gasteiger partial charge in [0.05, 0.1) is 24.4 Å². The minimum atomic E-state index is -0.665. The molecule has 154 valence electrons. The molecule has 0 bridgehead atoms. The molecular weight excluding hydrogens is 467 g/mol. The van der Waals surface area contributed by atoms with Crippen molar-refractivity contribution >= 4 is 29.9 Å². The maximum absolute atomic E-state index is 10.5. The molecule has 2 rings (SSSR count). The molecule has 0 aliphatic rings. The van der Waals surface area contributed by atoms with Crippen LogP contribution in [0.25, 0.3) is 0 Å². The zero-order valence-corrected chi connectivity index (χ0v) is 19.3. The van der Waals surface area contributed by atoms with Crippen LogP contribution >= 0.6 is 24.0 Å². The Morgan fingerprint density at radius 3 is 2.61 bits per heavy atom. The highest BCUT2D eigenvalue weighted by atomic mass is 127. The van der Waals surface area contributed by atoms with Gasteiger partial charge in [-0.1, -0.05) is 18.2 Å². The van der Waals surface area contributed by atoms with Crippen LogP contribution < -0.4 is 15.4 Å². The number of ether oxygens (including phenoxy) is 1. The minimum Gasteiger partial charge on any atom is -0.491 e. The summed E-state index contributed by atoms with van der Waals surface area (Å²) in [5, 5.41) is 16.9. The number of hydrogen-bond acceptors (Lipinski definition) is 4. The van der Waals surface area contributed by atoms with Gasteiger partial charge in [0.1, 0.15) is 5.75 Å². The molecule has 2 aromatic rings. The summed E-state index contributed by atoms with van der Waals surface area (Å²) in [6.45, 7) is 9.49. The number of nitrogens with one attached hydrogen (secondary N) is 2. The third-order valence-electron chi connectivity index (χ3n) is 3.77. The molecule has 1 unspecified atom stereocenters. The van der Waals surface area contributed by atoms with Gasteiger partial charge in [-0.2, -0.15) is 0 Å². The van der Waals surface area contributed by atoms with Crippen molar-refractivity contribution in [2.75, 3.05) is 13.1 Å². The number of pyridine rings is 1. The monoisotopic (exact) mass is 498 g/mol. The first-order valence-electron chi connectivity index (χ1n) is 9.37. The Bertz CT molecular complexity index is 753. The van der Waals surface area contributed by atoms with Gasteiger partial charge in [-0.25, -0.2) is 4.99 Å². The molecule has 1 aromatic carbocycles. The van der Waals surface area contributed by atoms with Gasteiger partial charge in [-0.3, -0.25) is 4.98 Å². The highest BCUT2D eigenvalue weighted by molar-refractivity contribution is 14.0. The SMILES string of the molecule is CCNC(=NCc1cccc(C)n1)NCC(O)c1cccc(OC(C)C)c1.I. The first-order valence-corrected chi connectivity index (χ1v) is 9.37. The van der Waals surface area contributed by atoms with E-state index in [0.29, 0.717) is 19.0 Å². The summed E-state index contributed by atoms with van der Waals surface area (Å²) >= 11 is 0. The molecule has 0 saturated carbocycles. The summed E-state index contributed by atoms with van der Waals surface area (Å²) in [5.74, 6) is 1.40. The van der Waals surface area contributed by atoms with Crippen molar-refractivity contribution in [2.24, 2.45) is 4.99 Å². The maximum atomic E-state index is 10.5. The summed E-state index contributed by atoms with van der Waals surface area (Å²) in [7, 11) is 0. The van der Waals surface area contributed by atoms with Gasteiger partial charge in [0, 0.05) is 18.8 Å². The number of rotatable bonds is 8. The molecule has 0 fully saturated rings. The van der Waals surface area contributed by atoms with Crippen molar-refractivity contribution in [1.82, 2.24) is 15.6 Å². The van der Waals surface area contributed by atoms with Gasteiger partial charge < -0.3 is 20.5 Å². The summed E-state index contributed by atoms with van der Waals surface area (Å²) in [5.41, 5.74) is 2.68. The smallest absolute Gasteiger partial charge is 0.191 e. The Balaban J connectivity index is 0.00000392. The van der Waals surface area contributed by atoms with E-state index < -0.39 is 6.10 Å². The van der Waals surface area contributed by atoms with Crippen LogP contribution in [0.15, 0.2) is 47.5 Å². The van der Waals surface area contributed by atoms with Crippen LogP contribution in [0.4, 0.5) is 0 Å².